The summed E-state index contributed by atoms with van der Waals surface area (Å²) in [6.07, 6.45) is -0.679. The van der Waals surface area contributed by atoms with Crippen LogP contribution in [-0.2, 0) is 22.0 Å². The molecular formula is C23H35IN4O3S. The van der Waals surface area contributed by atoms with Gasteiger partial charge in [0.25, 0.3) is 0 Å². The number of nitrogens with one attached hydrogen (secondary N) is 3. The molecule has 32 heavy (non-hydrogen) atoms. The van der Waals surface area contributed by atoms with Gasteiger partial charge in [-0.3, -0.25) is 0 Å². The molecule has 0 aliphatic heterocycles. The van der Waals surface area contributed by atoms with Crippen LogP contribution in [0.1, 0.15) is 50.5 Å². The number of aliphatic hydroxyl groups excluding tert-OH is 1. The first-order chi connectivity index (χ1) is 14.6. The largest absolute Gasteiger partial charge is 0.387 e. The number of halogens is 1. The predicted octanol–water partition coefficient (Wildman–Crippen LogP) is 3.30. The van der Waals surface area contributed by atoms with Crippen molar-refractivity contribution in [3.63, 3.8) is 0 Å². The van der Waals surface area contributed by atoms with Crippen molar-refractivity contribution in [1.29, 1.82) is 0 Å². The predicted molar refractivity (Wildman–Crippen MR) is 141 cm³/mol. The van der Waals surface area contributed by atoms with Crippen LogP contribution in [0.4, 0.5) is 0 Å². The SMILES string of the molecule is CCNC(=NCc1cccc(S(=O)(=O)NC)c1)NCC(O)c1ccc(C(C)(C)C)cc1.I. The van der Waals surface area contributed by atoms with Crippen molar-refractivity contribution < 1.29 is 13.5 Å². The van der Waals surface area contributed by atoms with E-state index in [1.165, 1.54) is 12.6 Å². The molecule has 0 heterocycles. The first kappa shape index (κ1) is 28.3. The van der Waals surface area contributed by atoms with Crippen molar-refractivity contribution in [3.8, 4) is 0 Å². The van der Waals surface area contributed by atoms with Gasteiger partial charge in [0.1, 0.15) is 0 Å². The Balaban J connectivity index is 0.00000512. The Hall–Kier alpha value is -1.69. The van der Waals surface area contributed by atoms with Gasteiger partial charge in [0.2, 0.25) is 10.0 Å². The molecule has 0 radical (unpaired) electrons. The third kappa shape index (κ3) is 8.34. The number of nitrogens with zero attached hydrogens (tertiary/aromatic N) is 1. The first-order valence-electron chi connectivity index (χ1n) is 10.4. The summed E-state index contributed by atoms with van der Waals surface area (Å²) >= 11 is 0. The molecule has 178 valence electrons. The van der Waals surface area contributed by atoms with E-state index in [1.54, 1.807) is 18.2 Å². The van der Waals surface area contributed by atoms with Crippen LogP contribution in [0.2, 0.25) is 0 Å². The fraction of sp³-hybridized carbons (Fsp3) is 0.435. The molecule has 4 N–H and O–H groups in total. The van der Waals surface area contributed by atoms with Gasteiger partial charge in [0.15, 0.2) is 5.96 Å². The highest BCUT2D eigenvalue weighted by Crippen LogP contribution is 2.23. The summed E-state index contributed by atoms with van der Waals surface area (Å²) in [5.74, 6) is 0.551. The highest BCUT2D eigenvalue weighted by Gasteiger charge is 2.15. The molecule has 0 saturated carbocycles. The second-order valence-corrected chi connectivity index (χ2v) is 10.2. The third-order valence-corrected chi connectivity index (χ3v) is 6.28. The van der Waals surface area contributed by atoms with E-state index in [9.17, 15) is 13.5 Å². The summed E-state index contributed by atoms with van der Waals surface area (Å²) < 4.78 is 26.3. The number of hydrogen-bond donors (Lipinski definition) is 4. The molecule has 9 heteroatoms. The Kier molecular flexibility index (Phi) is 11.1. The quantitative estimate of drug-likeness (QED) is 0.220. The molecule has 0 amide bonds. The summed E-state index contributed by atoms with van der Waals surface area (Å²) in [4.78, 5) is 4.72. The second-order valence-electron chi connectivity index (χ2n) is 8.32. The van der Waals surface area contributed by atoms with Gasteiger partial charge >= 0.3 is 0 Å². The standard InChI is InChI=1S/C23H34N4O3S.HI/c1-6-25-22(26-15-17-8-7-9-20(14-17)31(29,30)24-5)27-16-21(28)18-10-12-19(13-11-18)23(2,3)4;/h7-14,21,24,28H,6,15-16H2,1-5H3,(H2,25,26,27);1H. The zero-order valence-corrected chi connectivity index (χ0v) is 22.5. The van der Waals surface area contributed by atoms with Crippen LogP contribution in [0.15, 0.2) is 58.4 Å². The lowest BCUT2D eigenvalue weighted by Crippen LogP contribution is -2.39. The van der Waals surface area contributed by atoms with Gasteiger partial charge in [0, 0.05) is 13.1 Å². The van der Waals surface area contributed by atoms with Crippen molar-refractivity contribution in [1.82, 2.24) is 15.4 Å². The lowest BCUT2D eigenvalue weighted by Gasteiger charge is -2.20. The summed E-state index contributed by atoms with van der Waals surface area (Å²) in [6, 6.07) is 14.7. The van der Waals surface area contributed by atoms with Gasteiger partial charge in [-0.05, 0) is 48.2 Å². The number of sulfonamides is 1. The molecule has 1 unspecified atom stereocenters. The van der Waals surface area contributed by atoms with E-state index in [0.29, 0.717) is 25.6 Å². The molecule has 2 rings (SSSR count). The second kappa shape index (κ2) is 12.5. The molecule has 0 bridgehead atoms. The van der Waals surface area contributed by atoms with Crippen molar-refractivity contribution in [2.75, 3.05) is 20.1 Å². The number of benzene rings is 2. The van der Waals surface area contributed by atoms with Crippen LogP contribution in [0.5, 0.6) is 0 Å². The molecule has 7 nitrogen and oxygen atoms in total. The molecule has 0 aliphatic carbocycles. The first-order valence-corrected chi connectivity index (χ1v) is 11.9. The van der Waals surface area contributed by atoms with Crippen molar-refractivity contribution in [3.05, 3.63) is 65.2 Å². The van der Waals surface area contributed by atoms with E-state index in [1.807, 2.05) is 37.3 Å². The molecule has 2 aromatic carbocycles. The fourth-order valence-corrected chi connectivity index (χ4v) is 3.76. The maximum Gasteiger partial charge on any atom is 0.240 e. The van der Waals surface area contributed by atoms with Crippen LogP contribution in [0.3, 0.4) is 0 Å². The number of aliphatic hydroxyl groups is 1. The van der Waals surface area contributed by atoms with E-state index in [4.69, 9.17) is 0 Å². The molecule has 1 atom stereocenters. The lowest BCUT2D eigenvalue weighted by atomic mass is 9.86. The average Bonchev–Trinajstić information content (AvgIpc) is 2.75. The van der Waals surface area contributed by atoms with Gasteiger partial charge in [0.05, 0.1) is 17.5 Å². The van der Waals surface area contributed by atoms with Crippen molar-refractivity contribution in [2.45, 2.75) is 50.7 Å². The zero-order valence-electron chi connectivity index (χ0n) is 19.3. The normalized spacial score (nSPS) is 13.2. The number of hydrogen-bond acceptors (Lipinski definition) is 4. The monoisotopic (exact) mass is 574 g/mol. The van der Waals surface area contributed by atoms with E-state index in [-0.39, 0.29) is 34.3 Å². The van der Waals surface area contributed by atoms with Gasteiger partial charge in [-0.15, -0.1) is 24.0 Å². The molecular weight excluding hydrogens is 539 g/mol. The van der Waals surface area contributed by atoms with Gasteiger partial charge < -0.3 is 15.7 Å². The average molecular weight is 575 g/mol. The molecule has 2 aromatic rings. The van der Waals surface area contributed by atoms with Crippen LogP contribution in [0, 0.1) is 0 Å². The summed E-state index contributed by atoms with van der Waals surface area (Å²) in [7, 11) is -2.11. The summed E-state index contributed by atoms with van der Waals surface area (Å²) in [5, 5.41) is 16.8. The molecule has 0 saturated heterocycles. The lowest BCUT2D eigenvalue weighted by molar-refractivity contribution is 0.181. The smallest absolute Gasteiger partial charge is 0.240 e. The molecule has 0 aromatic heterocycles. The molecule has 0 aliphatic rings. The van der Waals surface area contributed by atoms with Crippen LogP contribution in [0.25, 0.3) is 0 Å². The topological polar surface area (TPSA) is 103 Å². The van der Waals surface area contributed by atoms with Crippen LogP contribution in [-0.4, -0.2) is 39.6 Å². The third-order valence-electron chi connectivity index (χ3n) is 4.87. The van der Waals surface area contributed by atoms with E-state index in [2.05, 4.69) is 41.1 Å². The van der Waals surface area contributed by atoms with E-state index in [0.717, 1.165) is 11.1 Å². The minimum Gasteiger partial charge on any atom is -0.387 e. The minimum absolute atomic E-state index is 0. The van der Waals surface area contributed by atoms with Crippen LogP contribution < -0.4 is 15.4 Å². The van der Waals surface area contributed by atoms with Crippen molar-refractivity contribution in [2.24, 2.45) is 4.99 Å². The Morgan fingerprint density at radius 2 is 1.75 bits per heavy atom. The zero-order chi connectivity index (χ0) is 23.1. The summed E-state index contributed by atoms with van der Waals surface area (Å²) in [6.45, 7) is 9.69. The Labute approximate surface area is 209 Å². The molecule has 0 fully saturated rings. The molecule has 0 spiro atoms. The maximum absolute atomic E-state index is 12.0. The Morgan fingerprint density at radius 1 is 1.09 bits per heavy atom. The van der Waals surface area contributed by atoms with Crippen LogP contribution >= 0.6 is 24.0 Å². The Bertz CT molecular complexity index is 987. The summed E-state index contributed by atoms with van der Waals surface area (Å²) in [5.41, 5.74) is 2.89. The van der Waals surface area contributed by atoms with E-state index < -0.39 is 16.1 Å². The highest BCUT2D eigenvalue weighted by atomic mass is 127. The maximum atomic E-state index is 12.0. The number of rotatable bonds is 8. The van der Waals surface area contributed by atoms with Gasteiger partial charge in [-0.1, -0.05) is 57.2 Å². The number of guanidine groups is 1. The van der Waals surface area contributed by atoms with Crippen molar-refractivity contribution >= 4 is 40.0 Å². The van der Waals surface area contributed by atoms with Gasteiger partial charge in [-0.2, -0.15) is 0 Å². The Morgan fingerprint density at radius 3 is 2.31 bits per heavy atom. The van der Waals surface area contributed by atoms with Gasteiger partial charge in [-0.25, -0.2) is 18.1 Å². The minimum atomic E-state index is -3.50. The van der Waals surface area contributed by atoms with E-state index >= 15 is 0 Å². The number of aliphatic imine (C=N–C) groups is 1. The fourth-order valence-electron chi connectivity index (χ4n) is 2.96. The highest BCUT2D eigenvalue weighted by molar-refractivity contribution is 14.0.